The molecule has 0 saturated carbocycles. The highest BCUT2D eigenvalue weighted by molar-refractivity contribution is 7.32. The van der Waals surface area contributed by atoms with Crippen LogP contribution in [0.15, 0.2) is 84.9 Å². The van der Waals surface area contributed by atoms with Crippen LogP contribution in [0.5, 0.6) is 5.75 Å². The SMILES string of the molecule is Bc1c(B)c(C(C)(C)C)c(B)c(O)c1N1c2cc(N(c3ccc(C(C)(C)C)cc3)c3c(C)cc(C(C)(C)C)cc3C)ccc2B(c2sc3ccc(C(C)(C)C)cc3c2C)c2c(C)cc(CC)cc21. The zero-order chi connectivity index (χ0) is 49.9. The number of rotatable bonds is 6. The number of nitrogens with zero attached hydrogens (tertiary/aromatic N) is 2. The fraction of sp³-hybridized carbons (Fsp3) is 0.367. The van der Waals surface area contributed by atoms with E-state index in [1.165, 1.54) is 87.0 Å². The van der Waals surface area contributed by atoms with Gasteiger partial charge in [0.1, 0.15) is 29.3 Å². The average Bonchev–Trinajstić information content (AvgIpc) is 3.57. The predicted octanol–water partition coefficient (Wildman–Crippen LogP) is 10.1. The van der Waals surface area contributed by atoms with Crippen LogP contribution in [0, 0.1) is 27.7 Å². The number of thiophene rings is 1. The molecule has 2 heterocycles. The molecule has 0 atom stereocenters. The van der Waals surface area contributed by atoms with E-state index >= 15 is 0 Å². The van der Waals surface area contributed by atoms with Gasteiger partial charge in [0.25, 0.3) is 6.71 Å². The van der Waals surface area contributed by atoms with Crippen molar-refractivity contribution in [2.45, 2.75) is 146 Å². The first kappa shape index (κ1) is 49.4. The van der Waals surface area contributed by atoms with Crippen molar-refractivity contribution in [3.05, 3.63) is 135 Å². The van der Waals surface area contributed by atoms with E-state index in [-0.39, 0.29) is 28.4 Å². The van der Waals surface area contributed by atoms with Crippen molar-refractivity contribution in [3.8, 4) is 5.75 Å². The molecule has 68 heavy (non-hydrogen) atoms. The summed E-state index contributed by atoms with van der Waals surface area (Å²) < 4.78 is 2.70. The Morgan fingerprint density at radius 1 is 0.588 bits per heavy atom. The van der Waals surface area contributed by atoms with Gasteiger partial charge in [0, 0.05) is 27.4 Å². The summed E-state index contributed by atoms with van der Waals surface area (Å²) in [4.78, 5) is 4.95. The van der Waals surface area contributed by atoms with Gasteiger partial charge in [0.05, 0.1) is 11.4 Å². The van der Waals surface area contributed by atoms with E-state index in [2.05, 4.69) is 236 Å². The van der Waals surface area contributed by atoms with E-state index in [1.54, 1.807) is 0 Å². The standard InChI is InChI=1S/C60H74B4N2OS/c1-18-37-27-33(2)52-46(30-37)66(54-51(63)49(61)48(60(15,16)17)50(62)55(54)67)45-32-42(24-25-44(45)64(52)56-36(5)43-31-39(58(9,10)11)21-26-47(43)68-56)65(41-22-19-38(20-23-41)57(6,7)8)53-34(3)28-40(29-35(53)4)59(12,13)14/h19-32,67H,18,61-63H2,1-17H3. The van der Waals surface area contributed by atoms with E-state index in [9.17, 15) is 5.11 Å². The van der Waals surface area contributed by atoms with Crippen LogP contribution in [0.4, 0.5) is 34.1 Å². The summed E-state index contributed by atoms with van der Waals surface area (Å²) in [5.41, 5.74) is 23.8. The molecule has 348 valence electrons. The molecule has 0 saturated heterocycles. The summed E-state index contributed by atoms with van der Waals surface area (Å²) in [6.45, 7) is 38.9. The minimum Gasteiger partial charge on any atom is -0.506 e. The summed E-state index contributed by atoms with van der Waals surface area (Å²) in [7, 11) is 6.60. The molecule has 0 fully saturated rings. The van der Waals surface area contributed by atoms with Crippen LogP contribution in [-0.2, 0) is 28.1 Å². The van der Waals surface area contributed by atoms with Crippen LogP contribution in [0.3, 0.4) is 0 Å². The van der Waals surface area contributed by atoms with Gasteiger partial charge in [-0.05, 0) is 164 Å². The summed E-state index contributed by atoms with van der Waals surface area (Å²) in [6.07, 6.45) is 0.907. The van der Waals surface area contributed by atoms with E-state index in [1.807, 2.05) is 11.3 Å². The number of phenolic OH excluding ortho intramolecular Hbond substituents is 1. The van der Waals surface area contributed by atoms with Crippen LogP contribution in [-0.4, -0.2) is 35.4 Å². The molecule has 1 aliphatic rings. The summed E-state index contributed by atoms with van der Waals surface area (Å²) in [5.74, 6) is 0.352. The van der Waals surface area contributed by atoms with E-state index in [0.717, 1.165) is 45.8 Å². The lowest BCUT2D eigenvalue weighted by molar-refractivity contribution is 0.478. The maximum Gasteiger partial charge on any atom is 0.259 e. The van der Waals surface area contributed by atoms with Crippen molar-refractivity contribution >= 4 is 118 Å². The van der Waals surface area contributed by atoms with Gasteiger partial charge in [-0.2, -0.15) is 0 Å². The minimum atomic E-state index is -0.149. The Morgan fingerprint density at radius 3 is 1.72 bits per heavy atom. The second kappa shape index (κ2) is 17.1. The number of aryl methyl sites for hydroxylation is 5. The summed E-state index contributed by atoms with van der Waals surface area (Å²) >= 11 is 1.94. The Hall–Kier alpha value is -5.06. The first-order chi connectivity index (χ1) is 31.5. The van der Waals surface area contributed by atoms with Crippen LogP contribution in [0.25, 0.3) is 10.1 Å². The maximum absolute atomic E-state index is 12.9. The third kappa shape index (κ3) is 8.45. The smallest absolute Gasteiger partial charge is 0.259 e. The molecular formula is C60H74B4N2OS. The Balaban J connectivity index is 1.51. The third-order valence-corrected chi connectivity index (χ3v) is 16.4. The lowest BCUT2D eigenvalue weighted by Gasteiger charge is -2.41. The quantitative estimate of drug-likeness (QED) is 0.169. The fourth-order valence-electron chi connectivity index (χ4n) is 11.3. The van der Waals surface area contributed by atoms with Crippen LogP contribution in [0.2, 0.25) is 0 Å². The monoisotopic (exact) mass is 915 g/mol. The molecule has 0 unspecified atom stereocenters. The molecule has 3 nitrogen and oxygen atoms in total. The van der Waals surface area contributed by atoms with Gasteiger partial charge in [-0.1, -0.05) is 155 Å². The zero-order valence-corrected chi connectivity index (χ0v) is 45.9. The lowest BCUT2D eigenvalue weighted by atomic mass is 9.36. The van der Waals surface area contributed by atoms with Crippen molar-refractivity contribution < 1.29 is 5.11 Å². The summed E-state index contributed by atoms with van der Waals surface area (Å²) in [6, 6.07) is 33.2. The summed E-state index contributed by atoms with van der Waals surface area (Å²) in [5, 5.41) is 14.2. The molecule has 6 aromatic carbocycles. The first-order valence-corrected chi connectivity index (χ1v) is 25.8. The van der Waals surface area contributed by atoms with Crippen molar-refractivity contribution in [1.29, 1.82) is 0 Å². The normalized spacial score (nSPS) is 13.3. The molecule has 0 radical (unpaired) electrons. The molecule has 0 aliphatic carbocycles. The third-order valence-electron chi connectivity index (χ3n) is 15.1. The minimum absolute atomic E-state index is 0.00906. The second-order valence-electron chi connectivity index (χ2n) is 24.3. The first-order valence-electron chi connectivity index (χ1n) is 25.0. The molecular weight excluding hydrogens is 840 g/mol. The van der Waals surface area contributed by atoms with E-state index in [0.29, 0.717) is 5.75 Å². The number of hydrogen-bond donors (Lipinski definition) is 1. The topological polar surface area (TPSA) is 26.7 Å². The van der Waals surface area contributed by atoms with Gasteiger partial charge in [0.2, 0.25) is 0 Å². The molecule has 0 amide bonds. The maximum atomic E-state index is 12.9. The number of fused-ring (bicyclic) bond motifs is 3. The molecule has 0 bridgehead atoms. The zero-order valence-electron chi connectivity index (χ0n) is 45.1. The molecule has 8 rings (SSSR count). The van der Waals surface area contributed by atoms with Gasteiger partial charge in [-0.3, -0.25) is 0 Å². The van der Waals surface area contributed by atoms with Crippen molar-refractivity contribution in [2.75, 3.05) is 9.80 Å². The molecule has 1 aliphatic heterocycles. The Labute approximate surface area is 417 Å². The van der Waals surface area contributed by atoms with E-state index < -0.39 is 0 Å². The van der Waals surface area contributed by atoms with Gasteiger partial charge in [-0.25, -0.2) is 0 Å². The number of anilines is 6. The molecule has 1 aromatic heterocycles. The van der Waals surface area contributed by atoms with Gasteiger partial charge in [-0.15, -0.1) is 11.3 Å². The highest BCUT2D eigenvalue weighted by Crippen LogP contribution is 2.46. The Morgan fingerprint density at radius 2 is 1.16 bits per heavy atom. The van der Waals surface area contributed by atoms with Crippen molar-refractivity contribution in [3.63, 3.8) is 0 Å². The number of hydrogen-bond acceptors (Lipinski definition) is 4. The second-order valence-corrected chi connectivity index (χ2v) is 25.4. The van der Waals surface area contributed by atoms with Gasteiger partial charge in [0.15, 0.2) is 0 Å². The van der Waals surface area contributed by atoms with Crippen molar-refractivity contribution in [2.24, 2.45) is 0 Å². The number of benzene rings is 6. The largest absolute Gasteiger partial charge is 0.506 e. The molecule has 7 aromatic rings. The number of phenols is 1. The lowest BCUT2D eigenvalue weighted by Crippen LogP contribution is -2.58. The van der Waals surface area contributed by atoms with Crippen molar-refractivity contribution in [1.82, 2.24) is 0 Å². The molecule has 8 heteroatoms. The number of aromatic hydroxyl groups is 1. The van der Waals surface area contributed by atoms with Crippen LogP contribution in [0.1, 0.15) is 140 Å². The van der Waals surface area contributed by atoms with E-state index in [4.69, 9.17) is 0 Å². The van der Waals surface area contributed by atoms with Gasteiger partial charge >= 0.3 is 0 Å². The Bertz CT molecular complexity index is 3080. The van der Waals surface area contributed by atoms with Crippen LogP contribution >= 0.6 is 11.3 Å². The van der Waals surface area contributed by atoms with Crippen LogP contribution < -0.4 is 41.9 Å². The highest BCUT2D eigenvalue weighted by atomic mass is 32.1. The molecule has 1 N–H and O–H groups in total. The predicted molar refractivity (Wildman–Crippen MR) is 312 cm³/mol. The fourth-order valence-corrected chi connectivity index (χ4v) is 12.6. The Kier molecular flexibility index (Phi) is 12.4. The average molecular weight is 915 g/mol. The highest BCUT2D eigenvalue weighted by Gasteiger charge is 2.41. The van der Waals surface area contributed by atoms with Gasteiger partial charge < -0.3 is 14.9 Å². The molecule has 0 spiro atoms.